The van der Waals surface area contributed by atoms with E-state index in [0.717, 1.165) is 32.1 Å². The Hall–Kier alpha value is -2.18. The Morgan fingerprint density at radius 1 is 1.19 bits per heavy atom. The van der Waals surface area contributed by atoms with Crippen LogP contribution in [0.3, 0.4) is 0 Å². The molecule has 0 saturated heterocycles. The number of hydrogen-bond acceptors (Lipinski definition) is 4. The Kier molecular flexibility index (Phi) is 7.01. The molecule has 2 aromatic rings. The number of benzene rings is 1. The van der Waals surface area contributed by atoms with Crippen molar-refractivity contribution in [2.24, 2.45) is 11.7 Å². The molecule has 2 atom stereocenters. The van der Waals surface area contributed by atoms with Gasteiger partial charge in [0.15, 0.2) is 0 Å². The Balaban J connectivity index is 1.50. The molecule has 27 heavy (non-hydrogen) atoms. The summed E-state index contributed by atoms with van der Waals surface area (Å²) in [5, 5.41) is 8.04. The van der Waals surface area contributed by atoms with E-state index in [0.29, 0.717) is 30.1 Å². The molecule has 1 aliphatic carbocycles. The van der Waals surface area contributed by atoms with Gasteiger partial charge >= 0.3 is 0 Å². The molecular weight excluding hydrogens is 358 g/mol. The molecule has 1 aliphatic rings. The summed E-state index contributed by atoms with van der Waals surface area (Å²) in [5.41, 5.74) is 7.01. The normalized spacial score (nSPS) is 19.0. The minimum absolute atomic E-state index is 0.0249. The van der Waals surface area contributed by atoms with E-state index in [1.807, 2.05) is 17.5 Å². The maximum Gasteiger partial charge on any atom is 0.251 e. The van der Waals surface area contributed by atoms with E-state index in [1.165, 1.54) is 4.88 Å². The number of aryl methyl sites for hydroxylation is 1. The lowest BCUT2D eigenvalue weighted by Crippen LogP contribution is -2.39. The van der Waals surface area contributed by atoms with Crippen molar-refractivity contribution in [1.29, 1.82) is 0 Å². The summed E-state index contributed by atoms with van der Waals surface area (Å²) >= 11 is 1.71. The number of anilines is 1. The average Bonchev–Trinajstić information content (AvgIpc) is 3.33. The fourth-order valence-corrected chi connectivity index (χ4v) is 4.35. The van der Waals surface area contributed by atoms with Gasteiger partial charge in [-0.15, -0.1) is 11.3 Å². The van der Waals surface area contributed by atoms with Crippen LogP contribution in [0.1, 0.15) is 47.3 Å². The molecule has 1 fully saturated rings. The van der Waals surface area contributed by atoms with Crippen LogP contribution in [0, 0.1) is 5.92 Å². The molecule has 1 saturated carbocycles. The monoisotopic (exact) mass is 385 g/mol. The molecule has 0 spiro atoms. The largest absolute Gasteiger partial charge is 0.349 e. The van der Waals surface area contributed by atoms with Gasteiger partial charge in [-0.1, -0.05) is 18.6 Å². The van der Waals surface area contributed by atoms with Crippen molar-refractivity contribution in [3.8, 4) is 0 Å². The predicted molar refractivity (Wildman–Crippen MR) is 110 cm³/mol. The first-order valence-electron chi connectivity index (χ1n) is 9.59. The maximum absolute atomic E-state index is 12.5. The molecule has 3 rings (SSSR count). The van der Waals surface area contributed by atoms with Gasteiger partial charge in [0.1, 0.15) is 0 Å². The third-order valence-electron chi connectivity index (χ3n) is 5.09. The number of nitrogens with two attached hydrogens (primary N) is 1. The number of carbonyl (C=O) groups excluding carboxylic acids is 2. The smallest absolute Gasteiger partial charge is 0.251 e. The highest BCUT2D eigenvalue weighted by atomic mass is 32.1. The molecule has 1 aromatic heterocycles. The summed E-state index contributed by atoms with van der Waals surface area (Å²) in [6, 6.07) is 11.4. The van der Waals surface area contributed by atoms with Crippen molar-refractivity contribution in [1.82, 2.24) is 5.32 Å². The van der Waals surface area contributed by atoms with Gasteiger partial charge in [-0.05, 0) is 67.8 Å². The van der Waals surface area contributed by atoms with E-state index in [2.05, 4.69) is 16.7 Å². The second-order valence-corrected chi connectivity index (χ2v) is 8.10. The van der Waals surface area contributed by atoms with E-state index in [4.69, 9.17) is 5.73 Å². The first-order chi connectivity index (χ1) is 13.2. The molecule has 2 amide bonds. The fourth-order valence-electron chi connectivity index (χ4n) is 3.60. The van der Waals surface area contributed by atoms with Crippen LogP contribution in [-0.4, -0.2) is 24.4 Å². The first kappa shape index (κ1) is 19.6. The van der Waals surface area contributed by atoms with Crippen LogP contribution in [-0.2, 0) is 11.2 Å². The molecule has 6 heteroatoms. The molecule has 2 unspecified atom stereocenters. The zero-order chi connectivity index (χ0) is 19.1. The highest BCUT2D eigenvalue weighted by molar-refractivity contribution is 7.09. The molecule has 0 aliphatic heterocycles. The van der Waals surface area contributed by atoms with Crippen molar-refractivity contribution in [3.05, 3.63) is 52.2 Å². The summed E-state index contributed by atoms with van der Waals surface area (Å²) in [6.45, 7) is 0.604. The molecule has 1 heterocycles. The van der Waals surface area contributed by atoms with E-state index in [1.54, 1.807) is 29.5 Å². The van der Waals surface area contributed by atoms with Gasteiger partial charge in [-0.25, -0.2) is 0 Å². The lowest BCUT2D eigenvalue weighted by atomic mass is 10.0. The number of nitrogens with one attached hydrogen (secondary N) is 2. The van der Waals surface area contributed by atoms with Gasteiger partial charge in [0.25, 0.3) is 5.91 Å². The van der Waals surface area contributed by atoms with E-state index >= 15 is 0 Å². The topological polar surface area (TPSA) is 84.2 Å². The van der Waals surface area contributed by atoms with Crippen LogP contribution in [0.5, 0.6) is 0 Å². The Morgan fingerprint density at radius 2 is 2.07 bits per heavy atom. The predicted octanol–water partition coefficient (Wildman–Crippen LogP) is 3.57. The van der Waals surface area contributed by atoms with Crippen molar-refractivity contribution >= 4 is 28.8 Å². The van der Waals surface area contributed by atoms with Crippen LogP contribution >= 0.6 is 11.3 Å². The third kappa shape index (κ3) is 5.65. The zero-order valence-electron chi connectivity index (χ0n) is 15.4. The minimum Gasteiger partial charge on any atom is -0.349 e. The first-order valence-corrected chi connectivity index (χ1v) is 10.5. The van der Waals surface area contributed by atoms with Gasteiger partial charge in [0.2, 0.25) is 5.91 Å². The van der Waals surface area contributed by atoms with E-state index in [9.17, 15) is 9.59 Å². The Labute approximate surface area is 164 Å². The van der Waals surface area contributed by atoms with Crippen LogP contribution < -0.4 is 16.4 Å². The summed E-state index contributed by atoms with van der Waals surface area (Å²) < 4.78 is 0. The standard InChI is InChI=1S/C21H27N3O2S/c22-14-16-6-2-10-19(16)24-21(26)15-5-1-7-17(13-15)23-20(25)11-3-8-18-9-4-12-27-18/h1,4-5,7,9,12-13,16,19H,2-3,6,8,10-11,14,22H2,(H,23,25)(H,24,26). The van der Waals surface area contributed by atoms with Crippen molar-refractivity contribution in [3.63, 3.8) is 0 Å². The molecule has 4 N–H and O–H groups in total. The van der Waals surface area contributed by atoms with Crippen molar-refractivity contribution in [2.45, 2.75) is 44.6 Å². The maximum atomic E-state index is 12.5. The minimum atomic E-state index is -0.103. The van der Waals surface area contributed by atoms with E-state index < -0.39 is 0 Å². The van der Waals surface area contributed by atoms with Crippen LogP contribution in [0.4, 0.5) is 5.69 Å². The Bertz CT molecular complexity index is 761. The lowest BCUT2D eigenvalue weighted by molar-refractivity contribution is -0.116. The molecular formula is C21H27N3O2S. The van der Waals surface area contributed by atoms with Crippen LogP contribution in [0.2, 0.25) is 0 Å². The van der Waals surface area contributed by atoms with Crippen molar-refractivity contribution < 1.29 is 9.59 Å². The van der Waals surface area contributed by atoms with Gasteiger partial charge in [0.05, 0.1) is 0 Å². The number of carbonyl (C=O) groups is 2. The van der Waals surface area contributed by atoms with Gasteiger partial charge in [-0.3, -0.25) is 9.59 Å². The summed E-state index contributed by atoms with van der Waals surface area (Å²) in [5.74, 6) is 0.234. The summed E-state index contributed by atoms with van der Waals surface area (Å²) in [7, 11) is 0. The number of thiophene rings is 1. The van der Waals surface area contributed by atoms with Crippen LogP contribution in [0.25, 0.3) is 0 Å². The molecule has 0 bridgehead atoms. The average molecular weight is 386 g/mol. The van der Waals surface area contributed by atoms with Crippen LogP contribution in [0.15, 0.2) is 41.8 Å². The highest BCUT2D eigenvalue weighted by Gasteiger charge is 2.27. The number of amides is 2. The fraction of sp³-hybridized carbons (Fsp3) is 0.429. The molecule has 5 nitrogen and oxygen atoms in total. The molecule has 1 aromatic carbocycles. The van der Waals surface area contributed by atoms with Gasteiger partial charge in [-0.2, -0.15) is 0 Å². The van der Waals surface area contributed by atoms with Gasteiger partial charge in [0, 0.05) is 28.6 Å². The second-order valence-electron chi connectivity index (χ2n) is 7.07. The lowest BCUT2D eigenvalue weighted by Gasteiger charge is -2.19. The highest BCUT2D eigenvalue weighted by Crippen LogP contribution is 2.25. The molecule has 0 radical (unpaired) electrons. The van der Waals surface area contributed by atoms with E-state index in [-0.39, 0.29) is 17.9 Å². The third-order valence-corrected chi connectivity index (χ3v) is 6.03. The van der Waals surface area contributed by atoms with Gasteiger partial charge < -0.3 is 16.4 Å². The summed E-state index contributed by atoms with van der Waals surface area (Å²) in [4.78, 5) is 26.0. The van der Waals surface area contributed by atoms with Crippen molar-refractivity contribution in [2.75, 3.05) is 11.9 Å². The SMILES string of the molecule is NCC1CCCC1NC(=O)c1cccc(NC(=O)CCCc2cccs2)c1. The summed E-state index contributed by atoms with van der Waals surface area (Å²) in [6.07, 6.45) is 5.35. The quantitative estimate of drug-likeness (QED) is 0.649. The number of hydrogen-bond donors (Lipinski definition) is 3. The second kappa shape index (κ2) is 9.67. The Morgan fingerprint density at radius 3 is 2.85 bits per heavy atom. The number of rotatable bonds is 8. The zero-order valence-corrected chi connectivity index (χ0v) is 16.3. The molecule has 144 valence electrons.